The van der Waals surface area contributed by atoms with Gasteiger partial charge in [-0.3, -0.25) is 4.79 Å². The number of rotatable bonds is 1. The number of carbonyl (C=O) groups excluding carboxylic acids is 1. The van der Waals surface area contributed by atoms with Gasteiger partial charge in [0.15, 0.2) is 11.6 Å². The molecule has 1 aliphatic heterocycles. The number of halogens is 1. The van der Waals surface area contributed by atoms with E-state index >= 15 is 0 Å². The van der Waals surface area contributed by atoms with Gasteiger partial charge in [0, 0.05) is 18.4 Å². The summed E-state index contributed by atoms with van der Waals surface area (Å²) in [4.78, 5) is 10.8. The molecule has 1 aromatic rings. The molecule has 1 aromatic carbocycles. The zero-order valence-electron chi connectivity index (χ0n) is 7.83. The molecule has 78 valence electrons. The van der Waals surface area contributed by atoms with Crippen molar-refractivity contribution in [3.8, 4) is 5.75 Å². The molecular weight excluding hydrogens is 199 g/mol. The highest BCUT2D eigenvalue weighted by molar-refractivity contribution is 6.04. The highest BCUT2D eigenvalue weighted by Gasteiger charge is 2.14. The number of aromatic hydroxyl groups is 1. The molecule has 0 atom stereocenters. The summed E-state index contributed by atoms with van der Waals surface area (Å²) in [6.45, 7) is 0. The molecule has 15 heavy (non-hydrogen) atoms. The molecule has 0 saturated heterocycles. The lowest BCUT2D eigenvalue weighted by atomic mass is 10.0. The Morgan fingerprint density at radius 3 is 2.80 bits per heavy atom. The van der Waals surface area contributed by atoms with Crippen molar-refractivity contribution >= 4 is 11.6 Å². The minimum absolute atomic E-state index is 0.134. The average molecular weight is 208 g/mol. The number of nitrogens with one attached hydrogen (secondary N) is 1. The molecule has 2 rings (SSSR count). The van der Waals surface area contributed by atoms with E-state index in [0.29, 0.717) is 24.1 Å². The van der Waals surface area contributed by atoms with Crippen LogP contribution in [0.1, 0.15) is 18.4 Å². The fourth-order valence-electron chi connectivity index (χ4n) is 1.37. The lowest BCUT2D eigenvalue weighted by Crippen LogP contribution is -2.25. The Labute approximate surface area is 85.4 Å². The third kappa shape index (κ3) is 1.96. The van der Waals surface area contributed by atoms with E-state index in [-0.39, 0.29) is 5.91 Å². The van der Waals surface area contributed by atoms with Crippen molar-refractivity contribution in [1.29, 1.82) is 0 Å². The van der Waals surface area contributed by atoms with Crippen molar-refractivity contribution in [1.82, 2.24) is 5.43 Å². The van der Waals surface area contributed by atoms with Crippen LogP contribution < -0.4 is 5.43 Å². The number of phenols is 1. The van der Waals surface area contributed by atoms with Gasteiger partial charge in [-0.2, -0.15) is 5.10 Å². The summed E-state index contributed by atoms with van der Waals surface area (Å²) in [6, 6.07) is 3.99. The summed E-state index contributed by atoms with van der Waals surface area (Å²) < 4.78 is 12.8. The van der Waals surface area contributed by atoms with Crippen molar-refractivity contribution in [3.63, 3.8) is 0 Å². The zero-order chi connectivity index (χ0) is 10.8. The predicted octanol–water partition coefficient (Wildman–Crippen LogP) is 1.15. The van der Waals surface area contributed by atoms with E-state index in [1.807, 2.05) is 0 Å². The van der Waals surface area contributed by atoms with Gasteiger partial charge in [-0.1, -0.05) is 0 Å². The number of phenolic OH excluding ortho intramolecular Hbond substituents is 1. The molecule has 0 spiro atoms. The molecule has 2 N–H and O–H groups in total. The number of hydrazone groups is 1. The van der Waals surface area contributed by atoms with Gasteiger partial charge in [0.2, 0.25) is 5.91 Å². The van der Waals surface area contributed by atoms with Gasteiger partial charge in [-0.25, -0.2) is 9.82 Å². The predicted molar refractivity (Wildman–Crippen MR) is 52.0 cm³/mol. The molecule has 1 aliphatic rings. The Morgan fingerprint density at radius 2 is 2.20 bits per heavy atom. The van der Waals surface area contributed by atoms with Gasteiger partial charge in [-0.15, -0.1) is 0 Å². The van der Waals surface area contributed by atoms with Crippen LogP contribution in [0.2, 0.25) is 0 Å². The van der Waals surface area contributed by atoms with E-state index < -0.39 is 11.6 Å². The van der Waals surface area contributed by atoms with Crippen molar-refractivity contribution in [2.75, 3.05) is 0 Å². The summed E-state index contributed by atoms with van der Waals surface area (Å²) in [5.74, 6) is -1.21. The largest absolute Gasteiger partial charge is 0.505 e. The maximum absolute atomic E-state index is 12.8. The molecule has 0 bridgehead atoms. The van der Waals surface area contributed by atoms with E-state index in [1.54, 1.807) is 0 Å². The molecule has 0 saturated carbocycles. The van der Waals surface area contributed by atoms with Gasteiger partial charge in [0.25, 0.3) is 0 Å². The third-order valence-corrected chi connectivity index (χ3v) is 2.18. The van der Waals surface area contributed by atoms with Gasteiger partial charge >= 0.3 is 0 Å². The molecule has 5 heteroatoms. The number of hydrogen-bond acceptors (Lipinski definition) is 3. The second-order valence-electron chi connectivity index (χ2n) is 3.26. The third-order valence-electron chi connectivity index (χ3n) is 2.18. The van der Waals surface area contributed by atoms with E-state index in [0.717, 1.165) is 0 Å². The van der Waals surface area contributed by atoms with Crippen LogP contribution in [0.4, 0.5) is 4.39 Å². The minimum atomic E-state index is -0.667. The molecule has 0 unspecified atom stereocenters. The molecule has 1 heterocycles. The second-order valence-corrected chi connectivity index (χ2v) is 3.26. The highest BCUT2D eigenvalue weighted by atomic mass is 19.1. The van der Waals surface area contributed by atoms with Crippen molar-refractivity contribution in [2.24, 2.45) is 5.10 Å². The Bertz CT molecular complexity index is 443. The van der Waals surface area contributed by atoms with Crippen LogP contribution >= 0.6 is 0 Å². The van der Waals surface area contributed by atoms with Crippen LogP contribution in [-0.2, 0) is 4.79 Å². The van der Waals surface area contributed by atoms with Crippen LogP contribution in [0, 0.1) is 5.82 Å². The van der Waals surface area contributed by atoms with Crippen molar-refractivity contribution in [2.45, 2.75) is 12.8 Å². The first-order valence-corrected chi connectivity index (χ1v) is 4.51. The molecule has 1 amide bonds. The summed E-state index contributed by atoms with van der Waals surface area (Å²) in [5, 5.41) is 13.0. The fourth-order valence-corrected chi connectivity index (χ4v) is 1.37. The standard InChI is InChI=1S/C10H9FN2O2/c11-7-2-1-6(5-9(7)14)8-3-4-10(15)13-12-8/h1-2,5,14H,3-4H2,(H,13,15). The maximum atomic E-state index is 12.8. The Hall–Kier alpha value is -1.91. The zero-order valence-corrected chi connectivity index (χ0v) is 7.83. The lowest BCUT2D eigenvalue weighted by molar-refractivity contribution is -0.121. The molecule has 0 radical (unpaired) electrons. The fraction of sp³-hybridized carbons (Fsp3) is 0.200. The Kier molecular flexibility index (Phi) is 2.37. The highest BCUT2D eigenvalue weighted by Crippen LogP contribution is 2.19. The van der Waals surface area contributed by atoms with Crippen LogP contribution in [0.3, 0.4) is 0 Å². The Balaban J connectivity index is 2.30. The van der Waals surface area contributed by atoms with E-state index in [2.05, 4.69) is 10.5 Å². The summed E-state index contributed by atoms with van der Waals surface area (Å²) in [6.07, 6.45) is 0.855. The van der Waals surface area contributed by atoms with Crippen LogP contribution in [0.15, 0.2) is 23.3 Å². The topological polar surface area (TPSA) is 61.7 Å². The van der Waals surface area contributed by atoms with Gasteiger partial charge in [-0.05, 0) is 18.2 Å². The first-order chi connectivity index (χ1) is 7.16. The van der Waals surface area contributed by atoms with Crippen molar-refractivity contribution in [3.05, 3.63) is 29.6 Å². The van der Waals surface area contributed by atoms with E-state index in [4.69, 9.17) is 5.11 Å². The van der Waals surface area contributed by atoms with E-state index in [1.165, 1.54) is 18.2 Å². The van der Waals surface area contributed by atoms with Crippen LogP contribution in [0.25, 0.3) is 0 Å². The number of carbonyl (C=O) groups is 1. The van der Waals surface area contributed by atoms with Gasteiger partial charge < -0.3 is 5.11 Å². The average Bonchev–Trinajstić information content (AvgIpc) is 2.23. The summed E-state index contributed by atoms with van der Waals surface area (Å²) >= 11 is 0. The molecular formula is C10H9FN2O2. The first kappa shape index (κ1) is 9.64. The molecule has 0 aliphatic carbocycles. The van der Waals surface area contributed by atoms with Crippen molar-refractivity contribution < 1.29 is 14.3 Å². The molecule has 4 nitrogen and oxygen atoms in total. The quantitative estimate of drug-likeness (QED) is 0.727. The first-order valence-electron chi connectivity index (χ1n) is 4.51. The van der Waals surface area contributed by atoms with E-state index in [9.17, 15) is 9.18 Å². The van der Waals surface area contributed by atoms with Crippen LogP contribution in [-0.4, -0.2) is 16.7 Å². The summed E-state index contributed by atoms with van der Waals surface area (Å²) in [7, 11) is 0. The van der Waals surface area contributed by atoms with Crippen LogP contribution in [0.5, 0.6) is 5.75 Å². The number of hydrogen-bond donors (Lipinski definition) is 2. The maximum Gasteiger partial charge on any atom is 0.240 e. The normalized spacial score (nSPS) is 15.8. The lowest BCUT2D eigenvalue weighted by Gasteiger charge is -2.12. The summed E-state index contributed by atoms with van der Waals surface area (Å²) in [5.41, 5.74) is 3.60. The number of benzene rings is 1. The second kappa shape index (κ2) is 3.68. The smallest absolute Gasteiger partial charge is 0.240 e. The molecule has 0 fully saturated rings. The number of amides is 1. The Morgan fingerprint density at radius 1 is 1.40 bits per heavy atom. The molecule has 0 aromatic heterocycles. The van der Waals surface area contributed by atoms with Gasteiger partial charge in [0.05, 0.1) is 5.71 Å². The van der Waals surface area contributed by atoms with Gasteiger partial charge in [0.1, 0.15) is 0 Å². The minimum Gasteiger partial charge on any atom is -0.505 e. The number of nitrogens with zero attached hydrogens (tertiary/aromatic N) is 1. The monoisotopic (exact) mass is 208 g/mol. The SMILES string of the molecule is O=C1CCC(c2ccc(F)c(O)c2)=NN1.